The zero-order valence-electron chi connectivity index (χ0n) is 10.7. The molecule has 1 fully saturated rings. The van der Waals surface area contributed by atoms with Crippen LogP contribution in [0.4, 0.5) is 5.69 Å². The summed E-state index contributed by atoms with van der Waals surface area (Å²) in [5.41, 5.74) is 1.78. The first-order valence-corrected chi connectivity index (χ1v) is 7.43. The van der Waals surface area contributed by atoms with Crippen molar-refractivity contribution < 1.29 is 0 Å². The number of hydrogen-bond donors (Lipinski definition) is 1. The lowest BCUT2D eigenvalue weighted by atomic mass is 9.80. The highest BCUT2D eigenvalue weighted by Gasteiger charge is 2.20. The van der Waals surface area contributed by atoms with Crippen molar-refractivity contribution in [3.63, 3.8) is 0 Å². The lowest BCUT2D eigenvalue weighted by molar-refractivity contribution is 0.268. The van der Waals surface area contributed by atoms with Crippen LogP contribution in [0.1, 0.15) is 38.2 Å². The summed E-state index contributed by atoms with van der Waals surface area (Å²) in [7, 11) is 0. The standard InChI is InChI=1S/C15H19BrN2/c1-11-4-2-3-5-13(11)10-18-15-7-6-12(9-17)8-14(15)16/h6-8,11,13,18H,2-5,10H2,1H3. The molecule has 2 rings (SSSR count). The van der Waals surface area contributed by atoms with Crippen LogP contribution in [0.5, 0.6) is 0 Å². The van der Waals surface area contributed by atoms with Crippen LogP contribution in [0.15, 0.2) is 22.7 Å². The van der Waals surface area contributed by atoms with Gasteiger partial charge in [0.25, 0.3) is 0 Å². The molecule has 0 heterocycles. The number of hydrogen-bond acceptors (Lipinski definition) is 2. The smallest absolute Gasteiger partial charge is 0.0992 e. The number of rotatable bonds is 3. The molecule has 2 atom stereocenters. The summed E-state index contributed by atoms with van der Waals surface area (Å²) in [4.78, 5) is 0. The third kappa shape index (κ3) is 3.26. The number of nitrogens with one attached hydrogen (secondary N) is 1. The summed E-state index contributed by atoms with van der Waals surface area (Å²) in [6.07, 6.45) is 5.45. The van der Waals surface area contributed by atoms with Crippen LogP contribution in [0, 0.1) is 23.2 Å². The van der Waals surface area contributed by atoms with E-state index in [1.54, 1.807) is 0 Å². The molecule has 3 heteroatoms. The third-order valence-corrected chi connectivity index (χ3v) is 4.60. The van der Waals surface area contributed by atoms with Crippen LogP contribution in [-0.4, -0.2) is 6.54 Å². The van der Waals surface area contributed by atoms with Crippen molar-refractivity contribution in [1.29, 1.82) is 5.26 Å². The Morgan fingerprint density at radius 1 is 1.39 bits per heavy atom. The van der Waals surface area contributed by atoms with E-state index in [1.165, 1.54) is 25.7 Å². The second-order valence-corrected chi connectivity index (χ2v) is 6.06. The summed E-state index contributed by atoms with van der Waals surface area (Å²) in [5, 5.41) is 12.3. The molecule has 96 valence electrons. The van der Waals surface area contributed by atoms with E-state index in [1.807, 2.05) is 18.2 Å². The van der Waals surface area contributed by atoms with Gasteiger partial charge in [0, 0.05) is 16.7 Å². The Morgan fingerprint density at radius 3 is 2.83 bits per heavy atom. The average molecular weight is 307 g/mol. The van der Waals surface area contributed by atoms with E-state index < -0.39 is 0 Å². The monoisotopic (exact) mass is 306 g/mol. The van der Waals surface area contributed by atoms with E-state index in [-0.39, 0.29) is 0 Å². The molecule has 18 heavy (non-hydrogen) atoms. The fraction of sp³-hybridized carbons (Fsp3) is 0.533. The summed E-state index contributed by atoms with van der Waals surface area (Å²) in [6.45, 7) is 3.39. The molecule has 1 aliphatic rings. The van der Waals surface area contributed by atoms with Crippen molar-refractivity contribution in [3.05, 3.63) is 28.2 Å². The zero-order chi connectivity index (χ0) is 13.0. The first-order valence-electron chi connectivity index (χ1n) is 6.64. The van der Waals surface area contributed by atoms with Crippen molar-refractivity contribution in [3.8, 4) is 6.07 Å². The van der Waals surface area contributed by atoms with Crippen molar-refractivity contribution >= 4 is 21.6 Å². The van der Waals surface area contributed by atoms with Crippen molar-refractivity contribution in [2.24, 2.45) is 11.8 Å². The maximum atomic E-state index is 8.83. The van der Waals surface area contributed by atoms with Gasteiger partial charge in [-0.05, 0) is 52.4 Å². The van der Waals surface area contributed by atoms with Crippen LogP contribution < -0.4 is 5.32 Å². The molecule has 0 aliphatic heterocycles. The second-order valence-electron chi connectivity index (χ2n) is 5.21. The van der Waals surface area contributed by atoms with Crippen molar-refractivity contribution in [2.45, 2.75) is 32.6 Å². The van der Waals surface area contributed by atoms with E-state index in [4.69, 9.17) is 5.26 Å². The van der Waals surface area contributed by atoms with Gasteiger partial charge in [0.05, 0.1) is 11.6 Å². The van der Waals surface area contributed by atoms with Crippen LogP contribution >= 0.6 is 15.9 Å². The highest BCUT2D eigenvalue weighted by molar-refractivity contribution is 9.10. The molecular formula is C15H19BrN2. The van der Waals surface area contributed by atoms with Gasteiger partial charge in [-0.1, -0.05) is 26.2 Å². The van der Waals surface area contributed by atoms with Crippen molar-refractivity contribution in [2.75, 3.05) is 11.9 Å². The predicted molar refractivity (Wildman–Crippen MR) is 78.5 cm³/mol. The molecule has 0 amide bonds. The quantitative estimate of drug-likeness (QED) is 0.888. The molecule has 0 bridgehead atoms. The lowest BCUT2D eigenvalue weighted by Crippen LogP contribution is -2.24. The SMILES string of the molecule is CC1CCCCC1CNc1ccc(C#N)cc1Br. The average Bonchev–Trinajstić information content (AvgIpc) is 2.39. The Kier molecular flexibility index (Phi) is 4.66. The number of halogens is 1. The molecule has 2 unspecified atom stereocenters. The molecule has 1 aliphatic carbocycles. The van der Waals surface area contributed by atoms with E-state index in [9.17, 15) is 0 Å². The Hall–Kier alpha value is -1.01. The highest BCUT2D eigenvalue weighted by Crippen LogP contribution is 2.31. The van der Waals surface area contributed by atoms with Gasteiger partial charge in [0.2, 0.25) is 0 Å². The van der Waals surface area contributed by atoms with E-state index >= 15 is 0 Å². The first-order chi connectivity index (χ1) is 8.70. The molecule has 1 N–H and O–H groups in total. The molecule has 1 saturated carbocycles. The Balaban J connectivity index is 1.95. The number of nitriles is 1. The van der Waals surface area contributed by atoms with Crippen LogP contribution in [0.25, 0.3) is 0 Å². The van der Waals surface area contributed by atoms with Gasteiger partial charge < -0.3 is 5.32 Å². The second kappa shape index (κ2) is 6.24. The minimum atomic E-state index is 0.693. The maximum Gasteiger partial charge on any atom is 0.0992 e. The molecule has 0 radical (unpaired) electrons. The molecule has 0 aromatic heterocycles. The molecule has 2 nitrogen and oxygen atoms in total. The Morgan fingerprint density at radius 2 is 2.17 bits per heavy atom. The van der Waals surface area contributed by atoms with Crippen LogP contribution in [0.2, 0.25) is 0 Å². The molecule has 0 spiro atoms. The molecule has 1 aromatic carbocycles. The summed E-state index contributed by atoms with van der Waals surface area (Å²) in [5.74, 6) is 1.60. The van der Waals surface area contributed by atoms with Gasteiger partial charge in [0.1, 0.15) is 0 Å². The van der Waals surface area contributed by atoms with E-state index in [0.29, 0.717) is 5.56 Å². The van der Waals surface area contributed by atoms with E-state index in [0.717, 1.165) is 28.5 Å². The van der Waals surface area contributed by atoms with Gasteiger partial charge in [-0.15, -0.1) is 0 Å². The third-order valence-electron chi connectivity index (χ3n) is 3.94. The topological polar surface area (TPSA) is 35.8 Å². The Labute approximate surface area is 118 Å². The summed E-state index contributed by atoms with van der Waals surface area (Å²) < 4.78 is 0.977. The largest absolute Gasteiger partial charge is 0.384 e. The minimum absolute atomic E-state index is 0.693. The fourth-order valence-corrected chi connectivity index (χ4v) is 3.18. The zero-order valence-corrected chi connectivity index (χ0v) is 12.3. The van der Waals surface area contributed by atoms with Gasteiger partial charge >= 0.3 is 0 Å². The Bertz CT molecular complexity index is 450. The number of nitrogens with zero attached hydrogens (tertiary/aromatic N) is 1. The van der Waals surface area contributed by atoms with E-state index in [2.05, 4.69) is 34.2 Å². The fourth-order valence-electron chi connectivity index (χ4n) is 2.67. The lowest BCUT2D eigenvalue weighted by Gasteiger charge is -2.29. The van der Waals surface area contributed by atoms with Gasteiger partial charge in [-0.25, -0.2) is 0 Å². The maximum absolute atomic E-state index is 8.83. The van der Waals surface area contributed by atoms with Gasteiger partial charge in [-0.3, -0.25) is 0 Å². The first kappa shape index (κ1) is 13.4. The van der Waals surface area contributed by atoms with Crippen molar-refractivity contribution in [1.82, 2.24) is 0 Å². The molecule has 1 aromatic rings. The highest BCUT2D eigenvalue weighted by atomic mass is 79.9. The minimum Gasteiger partial charge on any atom is -0.384 e. The number of benzene rings is 1. The molecule has 0 saturated heterocycles. The summed E-state index contributed by atoms with van der Waals surface area (Å²) >= 11 is 3.51. The van der Waals surface area contributed by atoms with Crippen LogP contribution in [-0.2, 0) is 0 Å². The van der Waals surface area contributed by atoms with Gasteiger partial charge in [0.15, 0.2) is 0 Å². The normalized spacial score (nSPS) is 23.4. The molecular weight excluding hydrogens is 288 g/mol. The number of anilines is 1. The van der Waals surface area contributed by atoms with Gasteiger partial charge in [-0.2, -0.15) is 5.26 Å². The predicted octanol–water partition coefficient (Wildman–Crippen LogP) is 4.56. The summed E-state index contributed by atoms with van der Waals surface area (Å²) in [6, 6.07) is 7.86. The van der Waals surface area contributed by atoms with Crippen LogP contribution in [0.3, 0.4) is 0 Å².